The first-order valence-electron chi connectivity index (χ1n) is 6.90. The van der Waals surface area contributed by atoms with E-state index in [1.165, 1.54) is 37.3 Å². The molecule has 0 aliphatic carbocycles. The van der Waals surface area contributed by atoms with Gasteiger partial charge < -0.3 is 10.1 Å². The number of aryl methyl sites for hydroxylation is 1. The topological polar surface area (TPSA) is 55.4 Å². The van der Waals surface area contributed by atoms with Crippen molar-refractivity contribution in [3.05, 3.63) is 65.2 Å². The van der Waals surface area contributed by atoms with Crippen LogP contribution in [-0.2, 0) is 9.53 Å². The quantitative estimate of drug-likeness (QED) is 0.878. The van der Waals surface area contributed by atoms with Gasteiger partial charge in [-0.1, -0.05) is 12.1 Å². The van der Waals surface area contributed by atoms with Gasteiger partial charge in [-0.15, -0.1) is 0 Å². The van der Waals surface area contributed by atoms with Crippen LogP contribution >= 0.6 is 0 Å². The molecular formula is C17H15F2NO3. The van der Waals surface area contributed by atoms with E-state index in [4.69, 9.17) is 4.74 Å². The molecule has 4 nitrogen and oxygen atoms in total. The smallest absolute Gasteiger partial charge is 0.339 e. The van der Waals surface area contributed by atoms with Crippen molar-refractivity contribution < 1.29 is 23.1 Å². The van der Waals surface area contributed by atoms with Gasteiger partial charge in [-0.2, -0.15) is 0 Å². The molecule has 0 saturated carbocycles. The lowest BCUT2D eigenvalue weighted by atomic mass is 10.1. The monoisotopic (exact) mass is 319 g/mol. The molecule has 6 heteroatoms. The van der Waals surface area contributed by atoms with E-state index in [1.54, 1.807) is 6.92 Å². The summed E-state index contributed by atoms with van der Waals surface area (Å²) < 4.78 is 31.5. The summed E-state index contributed by atoms with van der Waals surface area (Å²) in [6.07, 6.45) is -1.12. The van der Waals surface area contributed by atoms with Crippen LogP contribution in [0.4, 0.5) is 14.5 Å². The number of ether oxygens (including phenoxy) is 1. The zero-order chi connectivity index (χ0) is 17.0. The molecule has 2 rings (SSSR count). The maximum absolute atomic E-state index is 13.4. The molecule has 0 saturated heterocycles. The summed E-state index contributed by atoms with van der Waals surface area (Å²) in [4.78, 5) is 23.8. The molecular weight excluding hydrogens is 304 g/mol. The van der Waals surface area contributed by atoms with Crippen molar-refractivity contribution in [2.24, 2.45) is 0 Å². The SMILES string of the molecule is Cc1ccc(C(=O)O[C@H](C)C(=O)Nc2cccc(F)c2)cc1F. The summed E-state index contributed by atoms with van der Waals surface area (Å²) in [5.74, 6) is -2.46. The Balaban J connectivity index is 2.00. The second-order valence-electron chi connectivity index (χ2n) is 5.01. The number of anilines is 1. The molecule has 0 aliphatic rings. The third-order valence-corrected chi connectivity index (χ3v) is 3.15. The van der Waals surface area contributed by atoms with Crippen molar-refractivity contribution in [1.82, 2.24) is 0 Å². The van der Waals surface area contributed by atoms with Crippen molar-refractivity contribution in [2.75, 3.05) is 5.32 Å². The molecule has 0 aliphatic heterocycles. The van der Waals surface area contributed by atoms with Gasteiger partial charge in [0.2, 0.25) is 0 Å². The fraction of sp³-hybridized carbons (Fsp3) is 0.176. The molecule has 2 aromatic carbocycles. The fourth-order valence-corrected chi connectivity index (χ4v) is 1.81. The normalized spacial score (nSPS) is 11.7. The molecule has 0 heterocycles. The number of carbonyl (C=O) groups excluding carboxylic acids is 2. The molecule has 0 radical (unpaired) electrons. The summed E-state index contributed by atoms with van der Waals surface area (Å²) in [5, 5.41) is 2.43. The van der Waals surface area contributed by atoms with Gasteiger partial charge in [0.1, 0.15) is 11.6 Å². The van der Waals surface area contributed by atoms with E-state index in [0.29, 0.717) is 5.56 Å². The first-order valence-corrected chi connectivity index (χ1v) is 6.90. The van der Waals surface area contributed by atoms with Gasteiger partial charge in [0.05, 0.1) is 5.56 Å². The molecule has 23 heavy (non-hydrogen) atoms. The molecule has 0 unspecified atom stereocenters. The van der Waals surface area contributed by atoms with Crippen molar-refractivity contribution in [3.8, 4) is 0 Å². The van der Waals surface area contributed by atoms with Gasteiger partial charge in [0.25, 0.3) is 5.91 Å². The Bertz CT molecular complexity index is 746. The maximum atomic E-state index is 13.4. The summed E-state index contributed by atoms with van der Waals surface area (Å²) in [7, 11) is 0. The summed E-state index contributed by atoms with van der Waals surface area (Å²) >= 11 is 0. The van der Waals surface area contributed by atoms with Crippen LogP contribution in [0, 0.1) is 18.6 Å². The molecule has 1 N–H and O–H groups in total. The van der Waals surface area contributed by atoms with Gasteiger partial charge in [0, 0.05) is 5.69 Å². The van der Waals surface area contributed by atoms with Gasteiger partial charge in [0.15, 0.2) is 6.10 Å². The minimum Gasteiger partial charge on any atom is -0.449 e. The van der Waals surface area contributed by atoms with Gasteiger partial charge in [-0.05, 0) is 49.7 Å². The van der Waals surface area contributed by atoms with E-state index in [-0.39, 0.29) is 11.3 Å². The molecule has 0 aromatic heterocycles. The van der Waals surface area contributed by atoms with Crippen LogP contribution in [0.1, 0.15) is 22.8 Å². The maximum Gasteiger partial charge on any atom is 0.339 e. The molecule has 1 atom stereocenters. The average Bonchev–Trinajstić information content (AvgIpc) is 2.49. The van der Waals surface area contributed by atoms with E-state index >= 15 is 0 Å². The predicted molar refractivity (Wildman–Crippen MR) is 81.0 cm³/mol. The van der Waals surface area contributed by atoms with Crippen LogP contribution in [-0.4, -0.2) is 18.0 Å². The first-order chi connectivity index (χ1) is 10.9. The average molecular weight is 319 g/mol. The largest absolute Gasteiger partial charge is 0.449 e. The van der Waals surface area contributed by atoms with E-state index < -0.39 is 29.6 Å². The number of rotatable bonds is 4. The predicted octanol–water partition coefficient (Wildman–Crippen LogP) is 3.46. The highest BCUT2D eigenvalue weighted by Crippen LogP contribution is 2.13. The Hall–Kier alpha value is -2.76. The summed E-state index contributed by atoms with van der Waals surface area (Å²) in [6.45, 7) is 2.94. The van der Waals surface area contributed by atoms with Crippen molar-refractivity contribution in [2.45, 2.75) is 20.0 Å². The number of amides is 1. The van der Waals surface area contributed by atoms with Crippen molar-refractivity contribution in [3.63, 3.8) is 0 Å². The van der Waals surface area contributed by atoms with E-state index in [2.05, 4.69) is 5.32 Å². The minimum atomic E-state index is -1.12. The zero-order valence-corrected chi connectivity index (χ0v) is 12.6. The molecule has 2 aromatic rings. The molecule has 0 fully saturated rings. The highest BCUT2D eigenvalue weighted by atomic mass is 19.1. The Morgan fingerprint density at radius 1 is 1.13 bits per heavy atom. The van der Waals surface area contributed by atoms with Crippen molar-refractivity contribution in [1.29, 1.82) is 0 Å². The molecule has 0 bridgehead atoms. The Kier molecular flexibility index (Phi) is 5.05. The van der Waals surface area contributed by atoms with Gasteiger partial charge in [-0.25, -0.2) is 13.6 Å². The molecule has 0 spiro atoms. The Morgan fingerprint density at radius 3 is 2.52 bits per heavy atom. The summed E-state index contributed by atoms with van der Waals surface area (Å²) in [5.41, 5.74) is 0.663. The van der Waals surface area contributed by atoms with Crippen LogP contribution in [0.15, 0.2) is 42.5 Å². The fourth-order valence-electron chi connectivity index (χ4n) is 1.81. The van der Waals surface area contributed by atoms with Crippen LogP contribution in [0.25, 0.3) is 0 Å². The van der Waals surface area contributed by atoms with Gasteiger partial charge >= 0.3 is 5.97 Å². The second kappa shape index (κ2) is 7.00. The Labute approximate surface area is 132 Å². The minimum absolute atomic E-state index is 0.0125. The van der Waals surface area contributed by atoms with E-state index in [1.807, 2.05) is 0 Å². The number of hydrogen-bond donors (Lipinski definition) is 1. The summed E-state index contributed by atoms with van der Waals surface area (Å²) in [6, 6.07) is 9.24. The lowest BCUT2D eigenvalue weighted by Gasteiger charge is -2.13. The first kappa shape index (κ1) is 16.6. The lowest BCUT2D eigenvalue weighted by molar-refractivity contribution is -0.123. The number of nitrogens with one attached hydrogen (secondary N) is 1. The third-order valence-electron chi connectivity index (χ3n) is 3.15. The molecule has 1 amide bonds. The number of carbonyl (C=O) groups is 2. The standard InChI is InChI=1S/C17H15F2NO3/c1-10-6-7-12(8-15(10)19)17(22)23-11(2)16(21)20-14-5-3-4-13(18)9-14/h3-9,11H,1-2H3,(H,20,21)/t11-/m1/s1. The van der Waals surface area contributed by atoms with Crippen molar-refractivity contribution >= 4 is 17.6 Å². The second-order valence-corrected chi connectivity index (χ2v) is 5.01. The van der Waals surface area contributed by atoms with E-state index in [0.717, 1.165) is 12.1 Å². The lowest BCUT2D eigenvalue weighted by Crippen LogP contribution is -2.30. The highest BCUT2D eigenvalue weighted by Gasteiger charge is 2.19. The number of halogens is 2. The number of hydrogen-bond acceptors (Lipinski definition) is 3. The molecule has 120 valence electrons. The van der Waals surface area contributed by atoms with Crippen LogP contribution in [0.5, 0.6) is 0 Å². The van der Waals surface area contributed by atoms with Crippen LogP contribution in [0.3, 0.4) is 0 Å². The number of benzene rings is 2. The zero-order valence-electron chi connectivity index (χ0n) is 12.6. The van der Waals surface area contributed by atoms with Crippen LogP contribution < -0.4 is 5.32 Å². The van der Waals surface area contributed by atoms with E-state index in [9.17, 15) is 18.4 Å². The van der Waals surface area contributed by atoms with Gasteiger partial charge in [-0.3, -0.25) is 4.79 Å². The number of esters is 1. The highest BCUT2D eigenvalue weighted by molar-refractivity contribution is 5.97. The van der Waals surface area contributed by atoms with Crippen LogP contribution in [0.2, 0.25) is 0 Å². The third kappa shape index (κ3) is 4.35. The Morgan fingerprint density at radius 2 is 1.87 bits per heavy atom.